The zero-order valence-electron chi connectivity index (χ0n) is 16.2. The first-order chi connectivity index (χ1) is 12.2. The highest BCUT2D eigenvalue weighted by Crippen LogP contribution is 2.42. The molecule has 0 aromatic rings. The van der Waals surface area contributed by atoms with Gasteiger partial charge in [-0.25, -0.2) is 20.4 Å². The zero-order valence-corrected chi connectivity index (χ0v) is 16.2. The largest absolute Gasteiger partial charge is 0.231 e. The van der Waals surface area contributed by atoms with Crippen LogP contribution in [0, 0.1) is 28.6 Å². The van der Waals surface area contributed by atoms with Crippen molar-refractivity contribution in [3.63, 3.8) is 0 Å². The van der Waals surface area contributed by atoms with Gasteiger partial charge in [0.15, 0.2) is 0 Å². The maximum atomic E-state index is 8.35. The predicted octanol–water partition coefficient (Wildman–Crippen LogP) is 6.54. The lowest BCUT2D eigenvalue weighted by molar-refractivity contribution is 0.132. The van der Waals surface area contributed by atoms with Crippen molar-refractivity contribution in [1.29, 1.82) is 10.8 Å². The highest BCUT2D eigenvalue weighted by atomic mass is 16.1. The molecule has 2 aliphatic carbocycles. The van der Waals surface area contributed by atoms with Crippen LogP contribution in [0.15, 0.2) is 0 Å². The Labute approximate surface area is 154 Å². The van der Waals surface area contributed by atoms with E-state index in [0.717, 1.165) is 29.9 Å². The molecule has 0 aromatic heterocycles. The number of isocyanates is 2. The minimum absolute atomic E-state index is 0.750. The molecule has 0 aromatic carbocycles. The van der Waals surface area contributed by atoms with Gasteiger partial charge in [-0.2, -0.15) is 0 Å². The number of carbonyl (C=O) groups excluding carboxylic acids is 2. The van der Waals surface area contributed by atoms with Gasteiger partial charge in [0, 0.05) is 0 Å². The highest BCUT2D eigenvalue weighted by Gasteiger charge is 2.30. The van der Waals surface area contributed by atoms with Gasteiger partial charge in [-0.15, -0.1) is 0 Å². The number of unbranched alkanes of at least 4 members (excludes halogenated alkanes) is 3. The first-order valence-corrected chi connectivity index (χ1v) is 10.3. The van der Waals surface area contributed by atoms with Crippen LogP contribution in [-0.4, -0.2) is 12.2 Å². The molecule has 2 aliphatic rings. The standard InChI is InChI=1S/C19H36.2CHNO/c1-2-3-4-11-16-19(17-12-7-5-8-13-17)18-14-9-6-10-15-18;2*2-1-3/h17-19H,2-16H2,1H3;2*2H. The molecule has 2 saturated carbocycles. The van der Waals surface area contributed by atoms with Crippen molar-refractivity contribution >= 4 is 12.2 Å². The molecule has 0 aliphatic heterocycles. The number of hydrogen-bond donors (Lipinski definition) is 2. The lowest BCUT2D eigenvalue weighted by Gasteiger charge is -2.38. The van der Waals surface area contributed by atoms with Crippen LogP contribution in [0.5, 0.6) is 0 Å². The lowest BCUT2D eigenvalue weighted by atomic mass is 9.68. The summed E-state index contributed by atoms with van der Waals surface area (Å²) >= 11 is 0. The van der Waals surface area contributed by atoms with Gasteiger partial charge in [0.05, 0.1) is 0 Å². The molecular formula is C21H38N2O2. The summed E-state index contributed by atoms with van der Waals surface area (Å²) in [5.74, 6) is 3.33. The Morgan fingerprint density at radius 1 is 0.760 bits per heavy atom. The average molecular weight is 351 g/mol. The fourth-order valence-electron chi connectivity index (χ4n) is 4.79. The van der Waals surface area contributed by atoms with Crippen LogP contribution in [0.3, 0.4) is 0 Å². The van der Waals surface area contributed by atoms with Crippen LogP contribution in [0.1, 0.15) is 103 Å². The summed E-state index contributed by atoms with van der Waals surface area (Å²) in [7, 11) is 0. The maximum Gasteiger partial charge on any atom is 0.231 e. The number of nitrogens with one attached hydrogen (secondary N) is 2. The van der Waals surface area contributed by atoms with Crippen molar-refractivity contribution in [3.8, 4) is 0 Å². The fourth-order valence-corrected chi connectivity index (χ4v) is 4.79. The van der Waals surface area contributed by atoms with E-state index in [1.54, 1.807) is 32.1 Å². The molecular weight excluding hydrogens is 312 g/mol. The molecule has 4 nitrogen and oxygen atoms in total. The summed E-state index contributed by atoms with van der Waals surface area (Å²) in [5.41, 5.74) is 0. The van der Waals surface area contributed by atoms with Gasteiger partial charge in [-0.05, 0) is 24.2 Å². The van der Waals surface area contributed by atoms with Gasteiger partial charge in [0.25, 0.3) is 0 Å². The first kappa shape index (κ1) is 23.8. The van der Waals surface area contributed by atoms with Gasteiger partial charge >= 0.3 is 0 Å². The molecule has 2 rings (SSSR count). The Hall–Kier alpha value is -1.24. The van der Waals surface area contributed by atoms with E-state index in [1.807, 2.05) is 0 Å². The summed E-state index contributed by atoms with van der Waals surface area (Å²) < 4.78 is 0. The highest BCUT2D eigenvalue weighted by molar-refractivity contribution is 5.26. The summed E-state index contributed by atoms with van der Waals surface area (Å²) in [6.45, 7) is 2.33. The Bertz CT molecular complexity index is 330. The topological polar surface area (TPSA) is 81.8 Å². The molecule has 0 atom stereocenters. The quantitative estimate of drug-likeness (QED) is 0.310. The molecule has 0 unspecified atom stereocenters. The van der Waals surface area contributed by atoms with Gasteiger partial charge in [0.1, 0.15) is 0 Å². The molecule has 0 amide bonds. The zero-order chi connectivity index (χ0) is 18.8. The predicted molar refractivity (Wildman–Crippen MR) is 102 cm³/mol. The van der Waals surface area contributed by atoms with Crippen LogP contribution in [0.25, 0.3) is 0 Å². The third-order valence-electron chi connectivity index (χ3n) is 5.90. The van der Waals surface area contributed by atoms with Gasteiger partial charge in [-0.3, -0.25) is 0 Å². The SMILES string of the molecule is CCCCCCC(C1CCCCC1)C1CCCCC1.N=C=O.N=C=O. The molecule has 2 N–H and O–H groups in total. The van der Waals surface area contributed by atoms with E-state index in [1.165, 1.54) is 64.2 Å². The van der Waals surface area contributed by atoms with Crippen molar-refractivity contribution in [2.45, 2.75) is 103 Å². The molecule has 4 heteroatoms. The smallest absolute Gasteiger partial charge is 0.222 e. The van der Waals surface area contributed by atoms with Crippen LogP contribution in [0.2, 0.25) is 0 Å². The molecule has 0 saturated heterocycles. The minimum atomic E-state index is 0.750. The molecule has 0 bridgehead atoms. The molecule has 0 heterocycles. The lowest BCUT2D eigenvalue weighted by Crippen LogP contribution is -2.27. The summed E-state index contributed by atoms with van der Waals surface area (Å²) in [6, 6.07) is 0. The maximum absolute atomic E-state index is 8.35. The molecule has 0 radical (unpaired) electrons. The van der Waals surface area contributed by atoms with Crippen LogP contribution >= 0.6 is 0 Å². The Kier molecular flexibility index (Phi) is 16.7. The first-order valence-electron chi connectivity index (χ1n) is 10.3. The van der Waals surface area contributed by atoms with E-state index in [4.69, 9.17) is 20.4 Å². The molecule has 144 valence electrons. The van der Waals surface area contributed by atoms with E-state index in [2.05, 4.69) is 6.92 Å². The van der Waals surface area contributed by atoms with E-state index < -0.39 is 0 Å². The third kappa shape index (κ3) is 11.9. The minimum Gasteiger partial charge on any atom is -0.222 e. The summed E-state index contributed by atoms with van der Waals surface area (Å²) in [5, 5.41) is 10.8. The Balaban J connectivity index is 0.000000844. The van der Waals surface area contributed by atoms with Crippen molar-refractivity contribution in [3.05, 3.63) is 0 Å². The van der Waals surface area contributed by atoms with E-state index >= 15 is 0 Å². The Morgan fingerprint density at radius 3 is 1.52 bits per heavy atom. The normalized spacial score (nSPS) is 18.2. The second-order valence-corrected chi connectivity index (χ2v) is 7.51. The van der Waals surface area contributed by atoms with Gasteiger partial charge < -0.3 is 0 Å². The van der Waals surface area contributed by atoms with Crippen molar-refractivity contribution < 1.29 is 9.59 Å². The van der Waals surface area contributed by atoms with Crippen molar-refractivity contribution in [1.82, 2.24) is 0 Å². The fraction of sp³-hybridized carbons (Fsp3) is 0.905. The Morgan fingerprint density at radius 2 is 1.16 bits per heavy atom. The van der Waals surface area contributed by atoms with Crippen molar-refractivity contribution in [2.75, 3.05) is 0 Å². The summed E-state index contributed by atoms with van der Waals surface area (Å²) in [4.78, 5) is 16.7. The van der Waals surface area contributed by atoms with E-state index in [9.17, 15) is 0 Å². The van der Waals surface area contributed by atoms with Crippen LogP contribution in [-0.2, 0) is 9.59 Å². The molecule has 25 heavy (non-hydrogen) atoms. The second kappa shape index (κ2) is 17.6. The average Bonchev–Trinajstić information content (AvgIpc) is 2.65. The third-order valence-corrected chi connectivity index (χ3v) is 5.90. The summed E-state index contributed by atoms with van der Waals surface area (Å²) in [6.07, 6.45) is 24.3. The van der Waals surface area contributed by atoms with Crippen LogP contribution in [0.4, 0.5) is 0 Å². The number of rotatable bonds is 7. The van der Waals surface area contributed by atoms with Gasteiger partial charge in [-0.1, -0.05) is 96.8 Å². The van der Waals surface area contributed by atoms with E-state index in [0.29, 0.717) is 0 Å². The monoisotopic (exact) mass is 350 g/mol. The molecule has 2 fully saturated rings. The van der Waals surface area contributed by atoms with Gasteiger partial charge in [0.2, 0.25) is 12.2 Å². The second-order valence-electron chi connectivity index (χ2n) is 7.51. The van der Waals surface area contributed by atoms with Crippen molar-refractivity contribution in [2.24, 2.45) is 17.8 Å². The number of hydrogen-bond acceptors (Lipinski definition) is 4. The van der Waals surface area contributed by atoms with Crippen LogP contribution < -0.4 is 0 Å². The molecule has 0 spiro atoms. The van der Waals surface area contributed by atoms with E-state index in [-0.39, 0.29) is 0 Å².